The first-order valence-corrected chi connectivity index (χ1v) is 25.3. The van der Waals surface area contributed by atoms with E-state index in [2.05, 4.69) is 53.3 Å². The van der Waals surface area contributed by atoms with Crippen LogP contribution in [0.25, 0.3) is 0 Å². The van der Waals surface area contributed by atoms with Crippen LogP contribution in [0.15, 0.2) is 36.0 Å². The lowest BCUT2D eigenvalue weighted by Gasteiger charge is -2.61. The molecular weight excluding hydrogens is 865 g/mol. The summed E-state index contributed by atoms with van der Waals surface area (Å²) < 4.78 is 82.0. The van der Waals surface area contributed by atoms with Gasteiger partial charge in [0.05, 0.1) is 102 Å². The molecule has 0 spiro atoms. The quantitative estimate of drug-likeness (QED) is 0.139. The molecule has 0 aliphatic carbocycles. The number of carbonyl (C=O) groups excluding carboxylic acids is 3. The molecule has 0 radical (unpaired) electrons. The Kier molecular flexibility index (Phi) is 11.7. The lowest BCUT2D eigenvalue weighted by Crippen LogP contribution is -2.70. The molecule has 11 rings (SSSR count). The normalized spacial score (nSPS) is 54.8. The fourth-order valence-electron chi connectivity index (χ4n) is 14.3. The van der Waals surface area contributed by atoms with E-state index in [1.807, 2.05) is 13.8 Å². The molecule has 370 valence electrons. The summed E-state index contributed by atoms with van der Waals surface area (Å²) >= 11 is 0. The summed E-state index contributed by atoms with van der Waals surface area (Å²) in [6.45, 7) is 20.1. The van der Waals surface area contributed by atoms with Crippen molar-refractivity contribution in [3.63, 3.8) is 0 Å². The molecule has 0 amide bonds. The van der Waals surface area contributed by atoms with E-state index < -0.39 is 46.2 Å². The van der Waals surface area contributed by atoms with Crippen molar-refractivity contribution in [3.8, 4) is 0 Å². The fraction of sp³-hybridized carbons (Fsp3) is 0.827. The first-order chi connectivity index (χ1) is 31.7. The first kappa shape index (κ1) is 46.8. The second-order valence-corrected chi connectivity index (χ2v) is 23.3. The maximum Gasteiger partial charge on any atom is 0.331 e. The van der Waals surface area contributed by atoms with Gasteiger partial charge >= 0.3 is 11.9 Å². The lowest BCUT2D eigenvalue weighted by molar-refractivity contribution is -0.356. The minimum atomic E-state index is -0.920. The molecule has 0 saturated carbocycles. The second kappa shape index (κ2) is 16.8. The Morgan fingerprint density at radius 2 is 1.51 bits per heavy atom. The van der Waals surface area contributed by atoms with Crippen LogP contribution in [-0.2, 0) is 71.2 Å². The van der Waals surface area contributed by atoms with Gasteiger partial charge in [-0.05, 0) is 84.3 Å². The van der Waals surface area contributed by atoms with Crippen LogP contribution < -0.4 is 0 Å². The SMILES string of the molecule is C=C(C=O)CC1CC(OC(C)=O)C2(C)OC3CC4OC5CC6(C)OC7(C)CCC8OC9CC%10(C)OC%11C(C)=CC(=O)OC%11CC%10OC9CC(C)C8OC7CC6OC5(C)C/C=C\C4OC3CC2O1. The molecule has 11 aliphatic rings. The van der Waals surface area contributed by atoms with Crippen LogP contribution in [-0.4, -0.2) is 150 Å². The van der Waals surface area contributed by atoms with Gasteiger partial charge in [0.25, 0.3) is 0 Å². The first-order valence-electron chi connectivity index (χ1n) is 25.3. The highest BCUT2D eigenvalue weighted by Crippen LogP contribution is 2.55. The number of carbonyl (C=O) groups is 3. The van der Waals surface area contributed by atoms with Crippen LogP contribution in [0.2, 0.25) is 0 Å². The van der Waals surface area contributed by atoms with E-state index in [4.69, 9.17) is 56.8 Å². The lowest BCUT2D eigenvalue weighted by atomic mass is 9.72. The Morgan fingerprint density at radius 1 is 0.746 bits per heavy atom. The molecule has 11 heterocycles. The van der Waals surface area contributed by atoms with E-state index in [9.17, 15) is 14.4 Å². The maximum absolute atomic E-state index is 12.4. The van der Waals surface area contributed by atoms with Crippen LogP contribution in [0.4, 0.5) is 0 Å². The number of hydrogen-bond acceptors (Lipinski definition) is 15. The van der Waals surface area contributed by atoms with E-state index >= 15 is 0 Å². The van der Waals surface area contributed by atoms with E-state index in [0.29, 0.717) is 63.4 Å². The summed E-state index contributed by atoms with van der Waals surface area (Å²) in [5.74, 6) is -0.550. The highest BCUT2D eigenvalue weighted by atomic mass is 16.7. The van der Waals surface area contributed by atoms with Gasteiger partial charge in [0.2, 0.25) is 0 Å². The van der Waals surface area contributed by atoms with Gasteiger partial charge in [0.1, 0.15) is 36.3 Å². The Morgan fingerprint density at radius 3 is 2.30 bits per heavy atom. The molecule has 23 atom stereocenters. The molecule has 67 heavy (non-hydrogen) atoms. The van der Waals surface area contributed by atoms with Gasteiger partial charge in [0.15, 0.2) is 0 Å². The van der Waals surface area contributed by atoms with Crippen molar-refractivity contribution in [2.45, 2.75) is 264 Å². The summed E-state index contributed by atoms with van der Waals surface area (Å²) in [7, 11) is 0. The summed E-state index contributed by atoms with van der Waals surface area (Å²) in [6, 6.07) is 0. The van der Waals surface area contributed by atoms with Gasteiger partial charge in [0, 0.05) is 64.4 Å². The summed E-state index contributed by atoms with van der Waals surface area (Å²) in [6.07, 6.45) is 9.29. The largest absolute Gasteiger partial charge is 0.459 e. The molecular formula is C52H72O15. The van der Waals surface area contributed by atoms with E-state index in [1.165, 1.54) is 6.92 Å². The minimum Gasteiger partial charge on any atom is -0.459 e. The number of esters is 2. The van der Waals surface area contributed by atoms with Gasteiger partial charge in [-0.25, -0.2) is 4.79 Å². The number of aldehydes is 1. The Labute approximate surface area is 394 Å². The number of rotatable bonds is 4. The Bertz CT molecular complexity index is 2060. The van der Waals surface area contributed by atoms with Crippen LogP contribution >= 0.6 is 0 Å². The molecule has 11 aliphatic heterocycles. The van der Waals surface area contributed by atoms with E-state index in [1.54, 1.807) is 6.08 Å². The summed E-state index contributed by atoms with van der Waals surface area (Å²) in [5.41, 5.74) is -2.06. The second-order valence-electron chi connectivity index (χ2n) is 23.3. The van der Waals surface area contributed by atoms with Crippen molar-refractivity contribution in [1.82, 2.24) is 0 Å². The number of hydrogen-bond donors (Lipinski definition) is 0. The molecule has 15 heteroatoms. The predicted molar refractivity (Wildman–Crippen MR) is 238 cm³/mol. The summed E-state index contributed by atoms with van der Waals surface area (Å²) in [4.78, 5) is 36.1. The van der Waals surface area contributed by atoms with Crippen LogP contribution in [0.1, 0.15) is 132 Å². The molecule has 0 aromatic heterocycles. The maximum atomic E-state index is 12.4. The predicted octanol–water partition coefficient (Wildman–Crippen LogP) is 6.04. The van der Waals surface area contributed by atoms with E-state index in [0.717, 1.165) is 31.1 Å². The van der Waals surface area contributed by atoms with Gasteiger partial charge < -0.3 is 56.8 Å². The third kappa shape index (κ3) is 8.14. The van der Waals surface area contributed by atoms with Crippen molar-refractivity contribution < 1.29 is 71.2 Å². The highest BCUT2D eigenvalue weighted by Gasteiger charge is 2.64. The zero-order valence-corrected chi connectivity index (χ0v) is 40.5. The molecule has 0 N–H and O–H groups in total. The molecule has 0 bridgehead atoms. The molecule has 9 fully saturated rings. The fourth-order valence-corrected chi connectivity index (χ4v) is 14.3. The topological polar surface area (TPSA) is 162 Å². The number of fused-ring (bicyclic) bond motifs is 10. The molecule has 23 unspecified atom stereocenters. The molecule has 0 aromatic rings. The van der Waals surface area contributed by atoms with Crippen LogP contribution in [0.3, 0.4) is 0 Å². The molecule has 0 aromatic carbocycles. The zero-order chi connectivity index (χ0) is 47.0. The Hall–Kier alpha value is -2.57. The van der Waals surface area contributed by atoms with Crippen LogP contribution in [0, 0.1) is 5.92 Å². The molecule has 9 saturated heterocycles. The summed E-state index contributed by atoms with van der Waals surface area (Å²) in [5, 5.41) is 0. The van der Waals surface area contributed by atoms with Gasteiger partial charge in [-0.15, -0.1) is 0 Å². The van der Waals surface area contributed by atoms with Crippen molar-refractivity contribution in [3.05, 3.63) is 36.0 Å². The third-order valence-corrected chi connectivity index (χ3v) is 18.0. The van der Waals surface area contributed by atoms with Crippen LogP contribution in [0.5, 0.6) is 0 Å². The van der Waals surface area contributed by atoms with Crippen molar-refractivity contribution >= 4 is 18.2 Å². The minimum absolute atomic E-state index is 0.125. The average Bonchev–Trinajstić information content (AvgIpc) is 3.45. The zero-order valence-electron chi connectivity index (χ0n) is 40.5. The van der Waals surface area contributed by atoms with Gasteiger partial charge in [-0.2, -0.15) is 0 Å². The monoisotopic (exact) mass is 936 g/mol. The van der Waals surface area contributed by atoms with Crippen molar-refractivity contribution in [2.75, 3.05) is 0 Å². The smallest absolute Gasteiger partial charge is 0.331 e. The van der Waals surface area contributed by atoms with Gasteiger partial charge in [-0.1, -0.05) is 25.7 Å². The standard InChI is InChI=1S/C52H72O15/c1-26(25-53)15-30-18-42(56-29(4)54)52(9)43(57-30)20-35-36(64-52)19-34-31(58-35)11-10-13-48(5)44(61-34)24-51(8)41(65-48)22-40-49(6,67-51)14-12-32-46(63-40)27(2)16-33-38(59-32)23-50(7)39(60-33)21-37-47(66-50)28(3)17-45(55)62-37/h10-11,17,25,27,30-44,46-47H,1,12-16,18-24H2,2-9H3/b11-10-. The Balaban J connectivity index is 0.781. The molecule has 15 nitrogen and oxygen atoms in total. The highest BCUT2D eigenvalue weighted by molar-refractivity contribution is 5.84. The van der Waals surface area contributed by atoms with E-state index in [-0.39, 0.29) is 103 Å². The third-order valence-electron chi connectivity index (χ3n) is 18.0. The van der Waals surface area contributed by atoms with Crippen molar-refractivity contribution in [1.29, 1.82) is 0 Å². The number of ether oxygens (including phenoxy) is 12. The van der Waals surface area contributed by atoms with Gasteiger partial charge in [-0.3, -0.25) is 9.59 Å². The van der Waals surface area contributed by atoms with Crippen molar-refractivity contribution in [2.24, 2.45) is 5.92 Å². The average molecular weight is 937 g/mol.